The number of guanidine groups is 1. The summed E-state index contributed by atoms with van der Waals surface area (Å²) in [4.78, 5) is 7.24. The lowest BCUT2D eigenvalue weighted by atomic mass is 10.2. The van der Waals surface area contributed by atoms with Crippen LogP contribution in [-0.2, 0) is 17.7 Å². The molecule has 168 valence electrons. The van der Waals surface area contributed by atoms with Gasteiger partial charge in [0.05, 0.1) is 13.2 Å². The van der Waals surface area contributed by atoms with Gasteiger partial charge in [0.1, 0.15) is 12.2 Å². The Kier molecular flexibility index (Phi) is 15.1. The van der Waals surface area contributed by atoms with Crippen LogP contribution in [0.2, 0.25) is 0 Å². The maximum atomic E-state index is 5.41. The van der Waals surface area contributed by atoms with Crippen molar-refractivity contribution in [2.45, 2.75) is 58.9 Å². The zero-order chi connectivity index (χ0) is 19.9. The molecule has 1 aromatic heterocycles. The SMILES string of the molecule is CCCCCCNC(=NCCCN1CCOCC1)NCCn1cnnc1CC.I. The van der Waals surface area contributed by atoms with Crippen LogP contribution in [-0.4, -0.2) is 78.1 Å². The molecule has 0 aliphatic carbocycles. The van der Waals surface area contributed by atoms with Gasteiger partial charge in [-0.05, 0) is 12.8 Å². The normalized spacial score (nSPS) is 15.2. The summed E-state index contributed by atoms with van der Waals surface area (Å²) in [6.45, 7) is 12.7. The smallest absolute Gasteiger partial charge is 0.191 e. The zero-order valence-electron chi connectivity index (χ0n) is 18.2. The summed E-state index contributed by atoms with van der Waals surface area (Å²) in [5, 5.41) is 15.1. The molecule has 1 fully saturated rings. The third-order valence-electron chi connectivity index (χ3n) is 4.99. The van der Waals surface area contributed by atoms with E-state index in [1.165, 1.54) is 25.7 Å². The van der Waals surface area contributed by atoms with Gasteiger partial charge < -0.3 is 19.9 Å². The molecule has 0 amide bonds. The fourth-order valence-electron chi connectivity index (χ4n) is 3.28. The van der Waals surface area contributed by atoms with Crippen molar-refractivity contribution in [2.75, 3.05) is 52.5 Å². The van der Waals surface area contributed by atoms with Crippen LogP contribution >= 0.6 is 24.0 Å². The number of hydrogen-bond acceptors (Lipinski definition) is 5. The lowest BCUT2D eigenvalue weighted by Gasteiger charge is -2.26. The summed E-state index contributed by atoms with van der Waals surface area (Å²) in [5.74, 6) is 1.95. The first-order chi connectivity index (χ1) is 13.8. The number of aliphatic imine (C=N–C) groups is 1. The van der Waals surface area contributed by atoms with E-state index in [1.807, 2.05) is 0 Å². The number of unbranched alkanes of at least 4 members (excludes halogenated alkanes) is 3. The minimum absolute atomic E-state index is 0. The summed E-state index contributed by atoms with van der Waals surface area (Å²) in [6.07, 6.45) is 8.81. The van der Waals surface area contributed by atoms with Crippen LogP contribution in [0.4, 0.5) is 0 Å². The largest absolute Gasteiger partial charge is 0.379 e. The maximum Gasteiger partial charge on any atom is 0.191 e. The molecular formula is C20H40IN7O. The van der Waals surface area contributed by atoms with Gasteiger partial charge in [0.25, 0.3) is 0 Å². The van der Waals surface area contributed by atoms with Crippen LogP contribution in [0.15, 0.2) is 11.3 Å². The summed E-state index contributed by atoms with van der Waals surface area (Å²) >= 11 is 0. The van der Waals surface area contributed by atoms with Gasteiger partial charge in [-0.15, -0.1) is 34.2 Å². The second-order valence-electron chi connectivity index (χ2n) is 7.25. The number of aryl methyl sites for hydroxylation is 1. The molecule has 0 aromatic carbocycles. The van der Waals surface area contributed by atoms with E-state index in [1.54, 1.807) is 6.33 Å². The molecule has 0 unspecified atom stereocenters. The molecule has 1 saturated heterocycles. The summed E-state index contributed by atoms with van der Waals surface area (Å²) in [6, 6.07) is 0. The fourth-order valence-corrected chi connectivity index (χ4v) is 3.28. The molecule has 0 spiro atoms. The van der Waals surface area contributed by atoms with Crippen LogP contribution in [0, 0.1) is 0 Å². The number of morpholine rings is 1. The topological polar surface area (TPSA) is 79.6 Å². The van der Waals surface area contributed by atoms with Gasteiger partial charge in [-0.25, -0.2) is 0 Å². The van der Waals surface area contributed by atoms with Crippen molar-refractivity contribution in [3.63, 3.8) is 0 Å². The molecule has 0 saturated carbocycles. The number of ether oxygens (including phenoxy) is 1. The van der Waals surface area contributed by atoms with Crippen molar-refractivity contribution in [3.8, 4) is 0 Å². The number of rotatable bonds is 13. The monoisotopic (exact) mass is 521 g/mol. The Morgan fingerprint density at radius 2 is 1.86 bits per heavy atom. The quantitative estimate of drug-likeness (QED) is 0.180. The van der Waals surface area contributed by atoms with E-state index in [0.717, 1.165) is 83.7 Å². The summed E-state index contributed by atoms with van der Waals surface area (Å²) in [5.41, 5.74) is 0. The molecule has 9 heteroatoms. The second-order valence-corrected chi connectivity index (χ2v) is 7.25. The van der Waals surface area contributed by atoms with Crippen molar-refractivity contribution >= 4 is 29.9 Å². The Morgan fingerprint density at radius 1 is 1.07 bits per heavy atom. The molecule has 1 aliphatic heterocycles. The van der Waals surface area contributed by atoms with Crippen molar-refractivity contribution in [1.29, 1.82) is 0 Å². The lowest BCUT2D eigenvalue weighted by molar-refractivity contribution is 0.0377. The van der Waals surface area contributed by atoms with Gasteiger partial charge in [0.15, 0.2) is 5.96 Å². The van der Waals surface area contributed by atoms with E-state index >= 15 is 0 Å². The number of nitrogens with zero attached hydrogens (tertiary/aromatic N) is 5. The van der Waals surface area contributed by atoms with Gasteiger partial charge in [-0.1, -0.05) is 33.1 Å². The Bertz CT molecular complexity index is 547. The van der Waals surface area contributed by atoms with Gasteiger partial charge in [0, 0.05) is 52.2 Å². The van der Waals surface area contributed by atoms with Crippen LogP contribution in [0.25, 0.3) is 0 Å². The Labute approximate surface area is 193 Å². The minimum Gasteiger partial charge on any atom is -0.379 e. The molecule has 2 heterocycles. The highest BCUT2D eigenvalue weighted by Crippen LogP contribution is 1.99. The number of nitrogens with one attached hydrogen (secondary N) is 2. The maximum absolute atomic E-state index is 5.41. The molecule has 0 radical (unpaired) electrons. The van der Waals surface area contributed by atoms with Crippen molar-refractivity contribution in [2.24, 2.45) is 4.99 Å². The highest BCUT2D eigenvalue weighted by Gasteiger charge is 2.09. The van der Waals surface area contributed by atoms with Crippen molar-refractivity contribution in [1.82, 2.24) is 30.3 Å². The Hall–Kier alpha value is -0.940. The molecule has 1 aromatic rings. The minimum atomic E-state index is 0. The Balaban J connectivity index is 0.00000420. The first-order valence-electron chi connectivity index (χ1n) is 11.0. The average Bonchev–Trinajstić information content (AvgIpc) is 3.18. The number of aromatic nitrogens is 3. The van der Waals surface area contributed by atoms with E-state index in [4.69, 9.17) is 9.73 Å². The fraction of sp³-hybridized carbons (Fsp3) is 0.850. The third-order valence-corrected chi connectivity index (χ3v) is 4.99. The molecule has 1 aliphatic rings. The first kappa shape index (κ1) is 26.1. The van der Waals surface area contributed by atoms with Crippen LogP contribution in [0.1, 0.15) is 51.8 Å². The van der Waals surface area contributed by atoms with Crippen LogP contribution < -0.4 is 10.6 Å². The van der Waals surface area contributed by atoms with E-state index in [2.05, 4.69) is 44.1 Å². The van der Waals surface area contributed by atoms with Crippen LogP contribution in [0.5, 0.6) is 0 Å². The van der Waals surface area contributed by atoms with Crippen molar-refractivity contribution in [3.05, 3.63) is 12.2 Å². The highest BCUT2D eigenvalue weighted by molar-refractivity contribution is 14.0. The van der Waals surface area contributed by atoms with E-state index in [0.29, 0.717) is 0 Å². The van der Waals surface area contributed by atoms with Crippen LogP contribution in [0.3, 0.4) is 0 Å². The third kappa shape index (κ3) is 11.1. The zero-order valence-corrected chi connectivity index (χ0v) is 20.6. The van der Waals surface area contributed by atoms with Gasteiger partial charge in [0.2, 0.25) is 0 Å². The average molecular weight is 521 g/mol. The number of hydrogen-bond donors (Lipinski definition) is 2. The summed E-state index contributed by atoms with van der Waals surface area (Å²) < 4.78 is 7.51. The summed E-state index contributed by atoms with van der Waals surface area (Å²) in [7, 11) is 0. The second kappa shape index (κ2) is 16.8. The predicted molar refractivity (Wildman–Crippen MR) is 129 cm³/mol. The van der Waals surface area contributed by atoms with Crippen molar-refractivity contribution < 1.29 is 4.74 Å². The molecule has 8 nitrogen and oxygen atoms in total. The Morgan fingerprint density at radius 3 is 2.62 bits per heavy atom. The molecular weight excluding hydrogens is 481 g/mol. The highest BCUT2D eigenvalue weighted by atomic mass is 127. The lowest BCUT2D eigenvalue weighted by Crippen LogP contribution is -2.40. The molecule has 0 bridgehead atoms. The van der Waals surface area contributed by atoms with E-state index in [9.17, 15) is 0 Å². The van der Waals surface area contributed by atoms with E-state index in [-0.39, 0.29) is 24.0 Å². The van der Waals surface area contributed by atoms with Gasteiger partial charge in [-0.2, -0.15) is 0 Å². The standard InChI is InChI=1S/C20H39N7O.HI/c1-3-5-6-7-9-21-20(22-10-8-12-26-14-16-28-17-15-26)23-11-13-27-18-24-25-19(27)4-2;/h18H,3-17H2,1-2H3,(H2,21,22,23);1H. The van der Waals surface area contributed by atoms with E-state index < -0.39 is 0 Å². The molecule has 0 atom stereocenters. The van der Waals surface area contributed by atoms with Gasteiger partial charge in [-0.3, -0.25) is 9.89 Å². The predicted octanol–water partition coefficient (Wildman–Crippen LogP) is 2.30. The van der Waals surface area contributed by atoms with Gasteiger partial charge >= 0.3 is 0 Å². The molecule has 2 N–H and O–H groups in total. The number of halogens is 1. The molecule has 29 heavy (non-hydrogen) atoms. The molecule has 2 rings (SSSR count). The first-order valence-corrected chi connectivity index (χ1v) is 11.0.